The molecule has 0 radical (unpaired) electrons. The van der Waals surface area contributed by atoms with Crippen LogP contribution in [0.4, 0.5) is 4.39 Å². The smallest absolute Gasteiger partial charge is 0.254 e. The highest BCUT2D eigenvalue weighted by atomic mass is 19.1. The van der Waals surface area contributed by atoms with Gasteiger partial charge in [0.2, 0.25) is 5.91 Å². The Morgan fingerprint density at radius 1 is 1.21 bits per heavy atom. The maximum atomic E-state index is 13.4. The molecule has 2 amide bonds. The quantitative estimate of drug-likeness (QED) is 0.767. The van der Waals surface area contributed by atoms with Gasteiger partial charge in [0.05, 0.1) is 5.56 Å². The zero-order chi connectivity index (χ0) is 14.6. The number of benzene rings is 1. The molecule has 19 heavy (non-hydrogen) atoms. The van der Waals surface area contributed by atoms with E-state index >= 15 is 0 Å². The summed E-state index contributed by atoms with van der Waals surface area (Å²) in [5, 5.41) is 14.1. The van der Waals surface area contributed by atoms with Crippen LogP contribution in [0.2, 0.25) is 0 Å². The van der Waals surface area contributed by atoms with Gasteiger partial charge >= 0.3 is 0 Å². The lowest BCUT2D eigenvalue weighted by atomic mass is 10.1. The lowest BCUT2D eigenvalue weighted by Gasteiger charge is -2.16. The van der Waals surface area contributed by atoms with Crippen molar-refractivity contribution in [3.8, 4) is 5.75 Å². The molecule has 1 unspecified atom stereocenters. The molecule has 1 atom stereocenters. The molecule has 6 heteroatoms. The van der Waals surface area contributed by atoms with Crippen LogP contribution in [0.25, 0.3) is 0 Å². The molecule has 1 aromatic rings. The predicted molar refractivity (Wildman–Crippen MR) is 68.3 cm³/mol. The first-order valence-corrected chi connectivity index (χ1v) is 5.91. The Bertz CT molecular complexity index is 489. The Hall–Kier alpha value is -2.11. The zero-order valence-corrected chi connectivity index (χ0v) is 11.0. The third-order valence-electron chi connectivity index (χ3n) is 2.37. The van der Waals surface area contributed by atoms with E-state index in [4.69, 9.17) is 5.11 Å². The number of halogens is 1. The van der Waals surface area contributed by atoms with Crippen LogP contribution >= 0.6 is 0 Å². The molecule has 5 nitrogen and oxygen atoms in total. The number of amides is 2. The second-order valence-corrected chi connectivity index (χ2v) is 4.52. The molecule has 0 fully saturated rings. The highest BCUT2D eigenvalue weighted by Crippen LogP contribution is 2.14. The monoisotopic (exact) mass is 268 g/mol. The van der Waals surface area contributed by atoms with Crippen molar-refractivity contribution in [1.29, 1.82) is 0 Å². The summed E-state index contributed by atoms with van der Waals surface area (Å²) in [6.45, 7) is 5.10. The number of carbonyl (C=O) groups excluding carboxylic acids is 2. The molecule has 1 rings (SSSR count). The third-order valence-corrected chi connectivity index (χ3v) is 2.37. The van der Waals surface area contributed by atoms with Crippen molar-refractivity contribution >= 4 is 11.8 Å². The third kappa shape index (κ3) is 4.24. The lowest BCUT2D eigenvalue weighted by Crippen LogP contribution is -2.46. The minimum Gasteiger partial charge on any atom is -0.508 e. The maximum Gasteiger partial charge on any atom is 0.254 e. The molecule has 0 aliphatic rings. The van der Waals surface area contributed by atoms with E-state index < -0.39 is 17.8 Å². The largest absolute Gasteiger partial charge is 0.508 e. The van der Waals surface area contributed by atoms with Crippen LogP contribution in [0.15, 0.2) is 18.2 Å². The molecule has 0 aliphatic carbocycles. The Balaban J connectivity index is 2.71. The molecule has 0 heterocycles. The fourth-order valence-corrected chi connectivity index (χ4v) is 1.44. The summed E-state index contributed by atoms with van der Waals surface area (Å²) in [7, 11) is 0. The van der Waals surface area contributed by atoms with Crippen molar-refractivity contribution in [2.24, 2.45) is 0 Å². The van der Waals surface area contributed by atoms with Crippen molar-refractivity contribution < 1.29 is 19.1 Å². The van der Waals surface area contributed by atoms with Crippen molar-refractivity contribution in [3.05, 3.63) is 29.6 Å². The number of aromatic hydroxyl groups is 1. The van der Waals surface area contributed by atoms with Crippen molar-refractivity contribution in [3.63, 3.8) is 0 Å². The molecule has 0 saturated heterocycles. The molecular formula is C13H17FN2O3. The average Bonchev–Trinajstić information content (AvgIpc) is 2.27. The number of nitrogens with one attached hydrogen (secondary N) is 2. The van der Waals surface area contributed by atoms with Gasteiger partial charge in [0.1, 0.15) is 17.6 Å². The standard InChI is InChI=1S/C13H17FN2O3/c1-7(2)15-12(18)8(3)16-13(19)10-5-4-9(17)6-11(10)14/h4-8,17H,1-3H3,(H,15,18)(H,16,19). The molecule has 0 aliphatic heterocycles. The van der Waals surface area contributed by atoms with Crippen molar-refractivity contribution in [2.75, 3.05) is 0 Å². The molecule has 0 saturated carbocycles. The maximum absolute atomic E-state index is 13.4. The SMILES string of the molecule is CC(C)NC(=O)C(C)NC(=O)c1ccc(O)cc1F. The predicted octanol–water partition coefficient (Wildman–Crippen LogP) is 1.17. The van der Waals surface area contributed by atoms with Crippen LogP contribution < -0.4 is 10.6 Å². The van der Waals surface area contributed by atoms with Gasteiger partial charge in [-0.25, -0.2) is 4.39 Å². The molecular weight excluding hydrogens is 251 g/mol. The Labute approximate surface area is 110 Å². The molecule has 3 N–H and O–H groups in total. The number of phenolic OH excluding ortho intramolecular Hbond substituents is 1. The fourth-order valence-electron chi connectivity index (χ4n) is 1.44. The number of carbonyl (C=O) groups is 2. The van der Waals surface area contributed by atoms with Gasteiger partial charge in [0.15, 0.2) is 0 Å². The van der Waals surface area contributed by atoms with Gasteiger partial charge in [-0.15, -0.1) is 0 Å². The van der Waals surface area contributed by atoms with Gasteiger partial charge in [0.25, 0.3) is 5.91 Å². The summed E-state index contributed by atoms with van der Waals surface area (Å²) in [6, 6.07) is 2.39. The Morgan fingerprint density at radius 3 is 2.37 bits per heavy atom. The van der Waals surface area contributed by atoms with E-state index in [-0.39, 0.29) is 23.3 Å². The lowest BCUT2D eigenvalue weighted by molar-refractivity contribution is -0.123. The van der Waals surface area contributed by atoms with E-state index in [9.17, 15) is 14.0 Å². The first-order chi connectivity index (χ1) is 8.81. The first kappa shape index (κ1) is 14.9. The van der Waals surface area contributed by atoms with Gasteiger partial charge in [0, 0.05) is 12.1 Å². The van der Waals surface area contributed by atoms with E-state index in [1.807, 2.05) is 0 Å². The van der Waals surface area contributed by atoms with Crippen LogP contribution in [0, 0.1) is 5.82 Å². The summed E-state index contributed by atoms with van der Waals surface area (Å²) in [4.78, 5) is 23.4. The van der Waals surface area contributed by atoms with Crippen LogP contribution in [0.1, 0.15) is 31.1 Å². The topological polar surface area (TPSA) is 78.4 Å². The molecule has 0 aromatic heterocycles. The minimum atomic E-state index is -0.839. The number of hydrogen-bond donors (Lipinski definition) is 3. The van der Waals surface area contributed by atoms with Gasteiger partial charge in [-0.05, 0) is 32.9 Å². The molecule has 0 bridgehead atoms. The highest BCUT2D eigenvalue weighted by molar-refractivity contribution is 5.97. The van der Waals surface area contributed by atoms with E-state index in [0.717, 1.165) is 12.1 Å². The number of rotatable bonds is 4. The van der Waals surface area contributed by atoms with Crippen LogP contribution in [-0.2, 0) is 4.79 Å². The van der Waals surface area contributed by atoms with Gasteiger partial charge in [-0.1, -0.05) is 0 Å². The Kier molecular flexibility index (Phi) is 4.86. The fraction of sp³-hybridized carbons (Fsp3) is 0.385. The van der Waals surface area contributed by atoms with E-state index in [2.05, 4.69) is 10.6 Å². The van der Waals surface area contributed by atoms with Crippen LogP contribution in [-0.4, -0.2) is 29.0 Å². The van der Waals surface area contributed by atoms with E-state index in [0.29, 0.717) is 0 Å². The average molecular weight is 268 g/mol. The van der Waals surface area contributed by atoms with Crippen LogP contribution in [0.5, 0.6) is 5.75 Å². The first-order valence-electron chi connectivity index (χ1n) is 5.91. The molecule has 0 spiro atoms. The number of hydrogen-bond acceptors (Lipinski definition) is 3. The summed E-state index contributed by atoms with van der Waals surface area (Å²) < 4.78 is 13.4. The van der Waals surface area contributed by atoms with Gasteiger partial charge in [-0.2, -0.15) is 0 Å². The summed E-state index contributed by atoms with van der Waals surface area (Å²) in [5.41, 5.74) is -0.220. The van der Waals surface area contributed by atoms with E-state index in [1.54, 1.807) is 13.8 Å². The second-order valence-electron chi connectivity index (χ2n) is 4.52. The second kappa shape index (κ2) is 6.17. The van der Waals surface area contributed by atoms with E-state index in [1.165, 1.54) is 13.0 Å². The minimum absolute atomic E-state index is 0.0442. The number of phenols is 1. The molecule has 1 aromatic carbocycles. The zero-order valence-electron chi connectivity index (χ0n) is 11.0. The summed E-state index contributed by atoms with van der Waals surface area (Å²) >= 11 is 0. The normalized spacial score (nSPS) is 12.1. The summed E-state index contributed by atoms with van der Waals surface area (Å²) in [6.07, 6.45) is 0. The Morgan fingerprint density at radius 2 is 1.84 bits per heavy atom. The van der Waals surface area contributed by atoms with Crippen molar-refractivity contribution in [1.82, 2.24) is 10.6 Å². The molecule has 104 valence electrons. The summed E-state index contributed by atoms with van der Waals surface area (Å²) in [5.74, 6) is -2.15. The van der Waals surface area contributed by atoms with Crippen LogP contribution in [0.3, 0.4) is 0 Å². The van der Waals surface area contributed by atoms with Crippen molar-refractivity contribution in [2.45, 2.75) is 32.9 Å². The van der Waals surface area contributed by atoms with Gasteiger partial charge in [-0.3, -0.25) is 9.59 Å². The highest BCUT2D eigenvalue weighted by Gasteiger charge is 2.19. The van der Waals surface area contributed by atoms with Gasteiger partial charge < -0.3 is 15.7 Å².